The van der Waals surface area contributed by atoms with Gasteiger partial charge in [-0.1, -0.05) is 25.6 Å². The molecule has 0 fully saturated rings. The van der Waals surface area contributed by atoms with Crippen molar-refractivity contribution < 1.29 is 23.1 Å². The van der Waals surface area contributed by atoms with Gasteiger partial charge in [0.25, 0.3) is 5.91 Å². The van der Waals surface area contributed by atoms with Crippen molar-refractivity contribution in [3.8, 4) is 5.75 Å². The topological polar surface area (TPSA) is 80.3 Å². The molecule has 160 valence electrons. The zero-order valence-corrected chi connectivity index (χ0v) is 17.2. The van der Waals surface area contributed by atoms with Gasteiger partial charge in [-0.15, -0.1) is 0 Å². The maximum absolute atomic E-state index is 13.6. The largest absolute Gasteiger partial charge is 0.487 e. The van der Waals surface area contributed by atoms with Crippen LogP contribution in [0.1, 0.15) is 41.8 Å². The normalized spacial score (nSPS) is 11.0. The minimum Gasteiger partial charge on any atom is -0.487 e. The Kier molecular flexibility index (Phi) is 7.63. The van der Waals surface area contributed by atoms with Crippen molar-refractivity contribution in [2.75, 3.05) is 11.9 Å². The SMILES string of the molecule is C=C(C)C(F)(F)COc1ccc(CNC(=O)c2ccnc(NC(=O)CC)c2)cc1C. The summed E-state index contributed by atoms with van der Waals surface area (Å²) >= 11 is 0. The molecule has 0 radical (unpaired) electrons. The highest BCUT2D eigenvalue weighted by Gasteiger charge is 2.31. The Morgan fingerprint density at radius 1 is 1.23 bits per heavy atom. The van der Waals surface area contributed by atoms with Crippen LogP contribution in [0.2, 0.25) is 0 Å². The van der Waals surface area contributed by atoms with Crippen LogP contribution in [0.5, 0.6) is 5.75 Å². The van der Waals surface area contributed by atoms with Gasteiger partial charge < -0.3 is 15.4 Å². The number of rotatable bonds is 9. The van der Waals surface area contributed by atoms with Crippen LogP contribution in [-0.4, -0.2) is 29.3 Å². The molecule has 0 atom stereocenters. The number of hydrogen-bond donors (Lipinski definition) is 2. The number of benzene rings is 1. The molecule has 0 saturated carbocycles. The van der Waals surface area contributed by atoms with Crippen molar-refractivity contribution in [1.29, 1.82) is 0 Å². The summed E-state index contributed by atoms with van der Waals surface area (Å²) in [6.07, 6.45) is 1.75. The second-order valence-corrected chi connectivity index (χ2v) is 6.89. The number of amides is 2. The van der Waals surface area contributed by atoms with E-state index in [0.717, 1.165) is 5.56 Å². The van der Waals surface area contributed by atoms with Gasteiger partial charge >= 0.3 is 5.92 Å². The summed E-state index contributed by atoms with van der Waals surface area (Å²) in [6.45, 7) is 7.44. The monoisotopic (exact) mass is 417 g/mol. The fourth-order valence-electron chi connectivity index (χ4n) is 2.43. The number of nitrogens with one attached hydrogen (secondary N) is 2. The van der Waals surface area contributed by atoms with Gasteiger partial charge in [0.05, 0.1) is 0 Å². The highest BCUT2D eigenvalue weighted by atomic mass is 19.3. The maximum atomic E-state index is 13.6. The van der Waals surface area contributed by atoms with Crippen molar-refractivity contribution >= 4 is 17.6 Å². The molecule has 1 aromatic heterocycles. The van der Waals surface area contributed by atoms with Crippen LogP contribution in [-0.2, 0) is 11.3 Å². The molecule has 0 aliphatic heterocycles. The molecule has 2 aromatic rings. The van der Waals surface area contributed by atoms with Crippen LogP contribution in [0, 0.1) is 6.92 Å². The number of carbonyl (C=O) groups is 2. The van der Waals surface area contributed by atoms with E-state index in [1.54, 1.807) is 38.1 Å². The summed E-state index contributed by atoms with van der Waals surface area (Å²) in [7, 11) is 0. The number of aryl methyl sites for hydroxylation is 1. The Hall–Kier alpha value is -3.29. The molecule has 0 aliphatic carbocycles. The van der Waals surface area contributed by atoms with Crippen molar-refractivity contribution in [3.05, 3.63) is 65.4 Å². The molecule has 30 heavy (non-hydrogen) atoms. The van der Waals surface area contributed by atoms with Crippen molar-refractivity contribution in [3.63, 3.8) is 0 Å². The van der Waals surface area contributed by atoms with Crippen molar-refractivity contribution in [1.82, 2.24) is 10.3 Å². The smallest absolute Gasteiger partial charge is 0.302 e. The van der Waals surface area contributed by atoms with Gasteiger partial charge in [-0.2, -0.15) is 8.78 Å². The van der Waals surface area contributed by atoms with Gasteiger partial charge in [-0.25, -0.2) is 4.98 Å². The zero-order valence-electron chi connectivity index (χ0n) is 17.2. The summed E-state index contributed by atoms with van der Waals surface area (Å²) in [6, 6.07) is 8.08. The number of halogens is 2. The van der Waals surface area contributed by atoms with E-state index in [4.69, 9.17) is 4.74 Å². The predicted molar refractivity (Wildman–Crippen MR) is 111 cm³/mol. The van der Waals surface area contributed by atoms with Gasteiger partial charge in [0.2, 0.25) is 5.91 Å². The summed E-state index contributed by atoms with van der Waals surface area (Å²) < 4.78 is 32.5. The quantitative estimate of drug-likeness (QED) is 0.598. The molecule has 0 unspecified atom stereocenters. The molecule has 6 nitrogen and oxygen atoms in total. The van der Waals surface area contributed by atoms with Crippen LogP contribution < -0.4 is 15.4 Å². The van der Waals surface area contributed by atoms with Gasteiger partial charge in [-0.3, -0.25) is 9.59 Å². The summed E-state index contributed by atoms with van der Waals surface area (Å²) in [5.41, 5.74) is 1.56. The average molecular weight is 417 g/mol. The van der Waals surface area contributed by atoms with E-state index in [1.807, 2.05) is 0 Å². The third kappa shape index (κ3) is 6.37. The number of aromatic nitrogens is 1. The number of nitrogens with zero attached hydrogens (tertiary/aromatic N) is 1. The number of anilines is 1. The van der Waals surface area contributed by atoms with E-state index in [1.165, 1.54) is 19.2 Å². The molecule has 0 spiro atoms. The van der Waals surface area contributed by atoms with Crippen LogP contribution in [0.25, 0.3) is 0 Å². The minimum absolute atomic E-state index is 0.196. The highest BCUT2D eigenvalue weighted by molar-refractivity contribution is 5.96. The molecule has 1 heterocycles. The molecule has 0 saturated heterocycles. The summed E-state index contributed by atoms with van der Waals surface area (Å²) in [4.78, 5) is 27.9. The van der Waals surface area contributed by atoms with Crippen molar-refractivity contribution in [2.45, 2.75) is 39.7 Å². The van der Waals surface area contributed by atoms with E-state index in [2.05, 4.69) is 22.2 Å². The lowest BCUT2D eigenvalue weighted by molar-refractivity contribution is -0.115. The highest BCUT2D eigenvalue weighted by Crippen LogP contribution is 2.26. The molecule has 0 aliphatic rings. The lowest BCUT2D eigenvalue weighted by Crippen LogP contribution is -2.26. The first-order valence-corrected chi connectivity index (χ1v) is 9.42. The Morgan fingerprint density at radius 3 is 2.60 bits per heavy atom. The zero-order chi connectivity index (χ0) is 22.3. The lowest BCUT2D eigenvalue weighted by Gasteiger charge is -2.18. The molecule has 2 rings (SSSR count). The second-order valence-electron chi connectivity index (χ2n) is 6.89. The number of ether oxygens (including phenoxy) is 1. The average Bonchev–Trinajstić information content (AvgIpc) is 2.71. The van der Waals surface area contributed by atoms with E-state index < -0.39 is 12.5 Å². The third-order valence-corrected chi connectivity index (χ3v) is 4.34. The first-order valence-electron chi connectivity index (χ1n) is 9.42. The molecule has 2 amide bonds. The van der Waals surface area contributed by atoms with Gasteiger partial charge in [0.1, 0.15) is 11.6 Å². The first kappa shape index (κ1) is 23.0. The first-order chi connectivity index (χ1) is 14.1. The number of pyridine rings is 1. The van der Waals surface area contributed by atoms with E-state index in [0.29, 0.717) is 29.1 Å². The Balaban J connectivity index is 1.97. The maximum Gasteiger partial charge on any atom is 0.302 e. The van der Waals surface area contributed by atoms with Gasteiger partial charge in [-0.05, 0) is 48.7 Å². The number of alkyl halides is 2. The van der Waals surface area contributed by atoms with Crippen molar-refractivity contribution in [2.24, 2.45) is 0 Å². The van der Waals surface area contributed by atoms with E-state index in [9.17, 15) is 18.4 Å². The van der Waals surface area contributed by atoms with Crippen LogP contribution >= 0.6 is 0 Å². The Morgan fingerprint density at radius 2 is 1.97 bits per heavy atom. The fraction of sp³-hybridized carbons (Fsp3) is 0.318. The molecule has 8 heteroatoms. The van der Waals surface area contributed by atoms with E-state index >= 15 is 0 Å². The van der Waals surface area contributed by atoms with Gasteiger partial charge in [0.15, 0.2) is 6.61 Å². The molecular formula is C22H25F2N3O3. The molecule has 0 bridgehead atoms. The third-order valence-electron chi connectivity index (χ3n) is 4.34. The Labute approximate surface area is 174 Å². The Bertz CT molecular complexity index is 945. The molecular weight excluding hydrogens is 392 g/mol. The van der Waals surface area contributed by atoms with Gasteiger partial charge in [0, 0.05) is 24.7 Å². The van der Waals surface area contributed by atoms with Crippen LogP contribution in [0.15, 0.2) is 48.7 Å². The fourth-order valence-corrected chi connectivity index (χ4v) is 2.43. The predicted octanol–water partition coefficient (Wildman–Crippen LogP) is 4.26. The second kappa shape index (κ2) is 9.96. The van der Waals surface area contributed by atoms with Crippen LogP contribution in [0.3, 0.4) is 0 Å². The van der Waals surface area contributed by atoms with E-state index in [-0.39, 0.29) is 23.9 Å². The number of carbonyl (C=O) groups excluding carboxylic acids is 2. The minimum atomic E-state index is -3.10. The summed E-state index contributed by atoms with van der Waals surface area (Å²) in [5, 5.41) is 5.38. The standard InChI is InChI=1S/C22H25F2N3O3/c1-5-20(28)27-19-11-17(8-9-25-19)21(29)26-12-16-6-7-18(15(4)10-16)30-13-22(23,24)14(2)3/h6-11H,2,5,12-13H2,1,3-4H3,(H,26,29)(H,25,27,28). The van der Waals surface area contributed by atoms with Crippen LogP contribution in [0.4, 0.5) is 14.6 Å². The lowest BCUT2D eigenvalue weighted by atomic mass is 10.1. The summed E-state index contributed by atoms with van der Waals surface area (Å²) in [5.74, 6) is -2.98. The molecule has 2 N–H and O–H groups in total. The number of hydrogen-bond acceptors (Lipinski definition) is 4. The molecule has 1 aromatic carbocycles.